The lowest BCUT2D eigenvalue weighted by Gasteiger charge is -2.08. The summed E-state index contributed by atoms with van der Waals surface area (Å²) >= 11 is 0. The number of nitrogens with zero attached hydrogens (tertiary/aromatic N) is 1. The van der Waals surface area contributed by atoms with E-state index in [0.717, 1.165) is 6.26 Å². The minimum atomic E-state index is -3.44. The first-order valence-corrected chi connectivity index (χ1v) is 8.01. The number of nitrogens with two attached hydrogens (primary N) is 1. The Balaban J connectivity index is 2.38. The number of aryl methyl sites for hydroxylation is 2. The molecule has 4 N–H and O–H groups in total. The molecule has 8 heteroatoms. The third-order valence-corrected chi connectivity index (χ3v) is 4.08. The minimum Gasteiger partial charge on any atom is -0.399 e. The van der Waals surface area contributed by atoms with Crippen LogP contribution in [0, 0.1) is 13.8 Å². The summed E-state index contributed by atoms with van der Waals surface area (Å²) in [5, 5.41) is 9.43. The number of hydrogen-bond acceptors (Lipinski definition) is 5. The predicted molar refractivity (Wildman–Crippen MR) is 80.0 cm³/mol. The van der Waals surface area contributed by atoms with Gasteiger partial charge in [-0.3, -0.25) is 9.89 Å². The van der Waals surface area contributed by atoms with Crippen molar-refractivity contribution in [2.45, 2.75) is 18.7 Å². The highest BCUT2D eigenvalue weighted by atomic mass is 32.2. The highest BCUT2D eigenvalue weighted by molar-refractivity contribution is 7.90. The zero-order chi connectivity index (χ0) is 15.8. The predicted octanol–water partition coefficient (Wildman–Crippen LogP) is 1.26. The third kappa shape index (κ3) is 3.22. The van der Waals surface area contributed by atoms with Crippen LogP contribution in [0.25, 0.3) is 0 Å². The van der Waals surface area contributed by atoms with Crippen LogP contribution < -0.4 is 11.1 Å². The molecule has 1 heterocycles. The maximum Gasteiger partial charge on any atom is 0.255 e. The highest BCUT2D eigenvalue weighted by Crippen LogP contribution is 2.20. The van der Waals surface area contributed by atoms with E-state index in [2.05, 4.69) is 15.5 Å². The summed E-state index contributed by atoms with van der Waals surface area (Å²) in [4.78, 5) is 12.3. The van der Waals surface area contributed by atoms with Crippen molar-refractivity contribution in [3.05, 3.63) is 35.2 Å². The van der Waals surface area contributed by atoms with Gasteiger partial charge in [0.2, 0.25) is 0 Å². The van der Waals surface area contributed by atoms with Gasteiger partial charge in [-0.15, -0.1) is 0 Å². The first-order chi connectivity index (χ1) is 9.68. The maximum atomic E-state index is 12.2. The van der Waals surface area contributed by atoms with Gasteiger partial charge < -0.3 is 11.1 Å². The van der Waals surface area contributed by atoms with Crippen molar-refractivity contribution >= 4 is 27.1 Å². The van der Waals surface area contributed by atoms with Gasteiger partial charge in [-0.1, -0.05) is 0 Å². The van der Waals surface area contributed by atoms with Gasteiger partial charge in [-0.25, -0.2) is 8.42 Å². The Bertz CT molecular complexity index is 789. The summed E-state index contributed by atoms with van der Waals surface area (Å²) in [6.07, 6.45) is 1.06. The number of benzene rings is 1. The highest BCUT2D eigenvalue weighted by Gasteiger charge is 2.16. The average Bonchev–Trinajstić information content (AvgIpc) is 2.68. The Morgan fingerprint density at radius 3 is 2.48 bits per heavy atom. The first-order valence-electron chi connectivity index (χ1n) is 6.12. The molecular weight excluding hydrogens is 292 g/mol. The number of amides is 1. The number of aromatic nitrogens is 2. The molecular formula is C13H16N4O3S. The molecule has 0 bridgehead atoms. The fourth-order valence-corrected chi connectivity index (χ4v) is 2.58. The number of rotatable bonds is 3. The molecule has 0 fully saturated rings. The van der Waals surface area contributed by atoms with Gasteiger partial charge in [0.05, 0.1) is 22.0 Å². The quantitative estimate of drug-likeness (QED) is 0.738. The van der Waals surface area contributed by atoms with E-state index in [0.29, 0.717) is 17.1 Å². The summed E-state index contributed by atoms with van der Waals surface area (Å²) in [6, 6.07) is 4.04. The second-order valence-corrected chi connectivity index (χ2v) is 6.84. The van der Waals surface area contributed by atoms with Crippen molar-refractivity contribution in [3.8, 4) is 0 Å². The monoisotopic (exact) mass is 308 g/mol. The molecule has 21 heavy (non-hydrogen) atoms. The van der Waals surface area contributed by atoms with E-state index in [1.54, 1.807) is 13.8 Å². The molecule has 0 saturated heterocycles. The van der Waals surface area contributed by atoms with Crippen molar-refractivity contribution in [3.63, 3.8) is 0 Å². The fraction of sp³-hybridized carbons (Fsp3) is 0.231. The third-order valence-electron chi connectivity index (χ3n) is 2.99. The van der Waals surface area contributed by atoms with Gasteiger partial charge >= 0.3 is 0 Å². The lowest BCUT2D eigenvalue weighted by Crippen LogP contribution is -2.14. The summed E-state index contributed by atoms with van der Waals surface area (Å²) in [7, 11) is -3.44. The number of nitrogen functional groups attached to an aromatic ring is 1. The Kier molecular flexibility index (Phi) is 3.73. The fourth-order valence-electron chi connectivity index (χ4n) is 1.89. The molecule has 7 nitrogen and oxygen atoms in total. The minimum absolute atomic E-state index is 0.00767. The van der Waals surface area contributed by atoms with E-state index in [-0.39, 0.29) is 16.1 Å². The molecule has 112 valence electrons. The number of sulfone groups is 1. The maximum absolute atomic E-state index is 12.2. The molecule has 2 aromatic rings. The smallest absolute Gasteiger partial charge is 0.255 e. The second-order valence-electron chi connectivity index (χ2n) is 4.83. The molecule has 0 saturated carbocycles. The van der Waals surface area contributed by atoms with Gasteiger partial charge in [-0.2, -0.15) is 5.10 Å². The van der Waals surface area contributed by atoms with E-state index < -0.39 is 15.7 Å². The number of H-pyrrole nitrogens is 1. The van der Waals surface area contributed by atoms with Gasteiger partial charge in [0.25, 0.3) is 5.91 Å². The molecule has 0 atom stereocenters. The van der Waals surface area contributed by atoms with Crippen molar-refractivity contribution in [1.29, 1.82) is 0 Å². The molecule has 1 amide bonds. The van der Waals surface area contributed by atoms with Crippen molar-refractivity contribution in [2.75, 3.05) is 17.3 Å². The van der Waals surface area contributed by atoms with E-state index in [4.69, 9.17) is 5.73 Å². The molecule has 0 aliphatic rings. The Morgan fingerprint density at radius 2 is 1.95 bits per heavy atom. The SMILES string of the molecule is Cc1n[nH]c(C)c1NC(=O)c1cc(N)cc(S(C)(=O)=O)c1. The Hall–Kier alpha value is -2.35. The van der Waals surface area contributed by atoms with Crippen LogP contribution in [0.3, 0.4) is 0 Å². The van der Waals surface area contributed by atoms with Gasteiger partial charge in [0.1, 0.15) is 0 Å². The van der Waals surface area contributed by atoms with E-state index >= 15 is 0 Å². The number of carbonyl (C=O) groups is 1. The molecule has 1 aromatic heterocycles. The van der Waals surface area contributed by atoms with Crippen LogP contribution in [0.15, 0.2) is 23.1 Å². The van der Waals surface area contributed by atoms with Crippen molar-refractivity contribution < 1.29 is 13.2 Å². The number of hydrogen-bond donors (Lipinski definition) is 3. The molecule has 0 unspecified atom stereocenters. The van der Waals surface area contributed by atoms with Crippen LogP contribution in [0.4, 0.5) is 11.4 Å². The normalized spacial score (nSPS) is 11.4. The Morgan fingerprint density at radius 1 is 1.29 bits per heavy atom. The Labute approximate surface area is 122 Å². The lowest BCUT2D eigenvalue weighted by atomic mass is 10.2. The van der Waals surface area contributed by atoms with Crippen LogP contribution in [0.2, 0.25) is 0 Å². The number of nitrogens with one attached hydrogen (secondary N) is 2. The number of carbonyl (C=O) groups excluding carboxylic acids is 1. The molecule has 0 spiro atoms. The summed E-state index contributed by atoms with van der Waals surface area (Å²) < 4.78 is 23.2. The van der Waals surface area contributed by atoms with E-state index in [1.165, 1.54) is 18.2 Å². The number of anilines is 2. The molecule has 0 radical (unpaired) electrons. The van der Waals surface area contributed by atoms with Crippen molar-refractivity contribution in [2.24, 2.45) is 0 Å². The summed E-state index contributed by atoms with van der Waals surface area (Å²) in [6.45, 7) is 3.53. The van der Waals surface area contributed by atoms with Crippen LogP contribution in [-0.2, 0) is 9.84 Å². The van der Waals surface area contributed by atoms with Gasteiger partial charge in [0, 0.05) is 17.5 Å². The molecule has 0 aliphatic heterocycles. The zero-order valence-electron chi connectivity index (χ0n) is 11.9. The van der Waals surface area contributed by atoms with Crippen molar-refractivity contribution in [1.82, 2.24) is 10.2 Å². The second kappa shape index (κ2) is 5.21. The van der Waals surface area contributed by atoms with Crippen LogP contribution in [0.5, 0.6) is 0 Å². The average molecular weight is 308 g/mol. The summed E-state index contributed by atoms with van der Waals surface area (Å²) in [5.74, 6) is -0.445. The lowest BCUT2D eigenvalue weighted by molar-refractivity contribution is 0.102. The zero-order valence-corrected chi connectivity index (χ0v) is 12.7. The van der Waals surface area contributed by atoms with Gasteiger partial charge in [0.15, 0.2) is 9.84 Å². The molecule has 0 aliphatic carbocycles. The molecule has 1 aromatic carbocycles. The number of aromatic amines is 1. The van der Waals surface area contributed by atoms with Gasteiger partial charge in [-0.05, 0) is 32.0 Å². The standard InChI is InChI=1S/C13H16N4O3S/c1-7-12(8(2)17-16-7)15-13(18)9-4-10(14)6-11(5-9)21(3,19)20/h4-6H,14H2,1-3H3,(H,15,18)(H,16,17). The van der Waals surface area contributed by atoms with Crippen LogP contribution in [0.1, 0.15) is 21.7 Å². The molecule has 2 rings (SSSR count). The van der Waals surface area contributed by atoms with Crippen LogP contribution >= 0.6 is 0 Å². The summed E-state index contributed by atoms with van der Waals surface area (Å²) in [5.41, 5.74) is 7.99. The van der Waals surface area contributed by atoms with E-state index in [9.17, 15) is 13.2 Å². The largest absolute Gasteiger partial charge is 0.399 e. The first kappa shape index (κ1) is 15.0. The topological polar surface area (TPSA) is 118 Å². The van der Waals surface area contributed by atoms with Crippen LogP contribution in [-0.4, -0.2) is 30.8 Å². The van der Waals surface area contributed by atoms with E-state index in [1.807, 2.05) is 0 Å².